The van der Waals surface area contributed by atoms with Gasteiger partial charge < -0.3 is 10.1 Å². The monoisotopic (exact) mass is 353 g/mol. The highest BCUT2D eigenvalue weighted by atomic mass is 35.5. The summed E-state index contributed by atoms with van der Waals surface area (Å²) in [5.41, 5.74) is 2.33. The van der Waals surface area contributed by atoms with Gasteiger partial charge in [0.05, 0.1) is 12.2 Å². The maximum absolute atomic E-state index is 11.9. The van der Waals surface area contributed by atoms with E-state index >= 15 is 0 Å². The molecule has 1 heterocycles. The predicted molar refractivity (Wildman–Crippen MR) is 96.7 cm³/mol. The maximum atomic E-state index is 11.9. The van der Waals surface area contributed by atoms with Crippen LogP contribution in [0.4, 0.5) is 0 Å². The molecule has 3 rings (SSSR count). The first-order valence-corrected chi connectivity index (χ1v) is 8.16. The van der Waals surface area contributed by atoms with Crippen LogP contribution in [0.25, 0.3) is 11.3 Å². The lowest BCUT2D eigenvalue weighted by molar-refractivity contribution is 0.0946. The van der Waals surface area contributed by atoms with Gasteiger partial charge in [-0.25, -0.2) is 0 Å². The number of hydrogen-bond donors (Lipinski definition) is 1. The van der Waals surface area contributed by atoms with Crippen LogP contribution in [0, 0.1) is 0 Å². The van der Waals surface area contributed by atoms with Crippen molar-refractivity contribution < 1.29 is 9.53 Å². The Labute approximate surface area is 150 Å². The van der Waals surface area contributed by atoms with Crippen molar-refractivity contribution in [3.8, 4) is 17.1 Å². The molecule has 25 heavy (non-hydrogen) atoms. The van der Waals surface area contributed by atoms with Crippen molar-refractivity contribution in [1.82, 2.24) is 15.5 Å². The van der Waals surface area contributed by atoms with E-state index in [1.54, 1.807) is 30.3 Å². The predicted octanol–water partition coefficient (Wildman–Crippen LogP) is 3.61. The van der Waals surface area contributed by atoms with E-state index in [1.165, 1.54) is 0 Å². The van der Waals surface area contributed by atoms with Crippen molar-refractivity contribution >= 4 is 17.5 Å². The van der Waals surface area contributed by atoms with Gasteiger partial charge in [0.15, 0.2) is 0 Å². The molecule has 0 aliphatic heterocycles. The second kappa shape index (κ2) is 8.26. The van der Waals surface area contributed by atoms with Gasteiger partial charge in [-0.05, 0) is 30.3 Å². The average Bonchev–Trinajstić information content (AvgIpc) is 2.67. The third-order valence-electron chi connectivity index (χ3n) is 3.45. The number of carbonyl (C=O) groups is 1. The zero-order valence-electron chi connectivity index (χ0n) is 13.4. The van der Waals surface area contributed by atoms with Crippen molar-refractivity contribution in [2.24, 2.45) is 0 Å². The summed E-state index contributed by atoms with van der Waals surface area (Å²) in [6.45, 7) is 0.669. The van der Waals surface area contributed by atoms with Crippen molar-refractivity contribution in [2.75, 3.05) is 13.2 Å². The van der Waals surface area contributed by atoms with Crippen molar-refractivity contribution in [3.63, 3.8) is 0 Å². The fraction of sp³-hybridized carbons (Fsp3) is 0.105. The van der Waals surface area contributed by atoms with Crippen LogP contribution in [0.1, 0.15) is 10.4 Å². The summed E-state index contributed by atoms with van der Waals surface area (Å²) in [7, 11) is 0. The molecule has 0 radical (unpaired) electrons. The van der Waals surface area contributed by atoms with E-state index in [-0.39, 0.29) is 5.91 Å². The Morgan fingerprint density at radius 2 is 1.72 bits per heavy atom. The molecule has 0 spiro atoms. The van der Waals surface area contributed by atoms with E-state index in [2.05, 4.69) is 15.5 Å². The Morgan fingerprint density at radius 1 is 0.960 bits per heavy atom. The molecule has 0 aliphatic carbocycles. The van der Waals surface area contributed by atoms with Crippen LogP contribution in [0.2, 0.25) is 5.02 Å². The molecule has 5 nitrogen and oxygen atoms in total. The number of amides is 1. The molecule has 0 saturated heterocycles. The van der Waals surface area contributed by atoms with Crippen LogP contribution in [-0.4, -0.2) is 29.3 Å². The van der Waals surface area contributed by atoms with Gasteiger partial charge in [-0.3, -0.25) is 4.79 Å². The summed E-state index contributed by atoms with van der Waals surface area (Å²) in [5, 5.41) is 11.5. The lowest BCUT2D eigenvalue weighted by atomic mass is 10.1. The van der Waals surface area contributed by atoms with Gasteiger partial charge in [0.25, 0.3) is 5.91 Å². The van der Waals surface area contributed by atoms with Crippen LogP contribution in [-0.2, 0) is 0 Å². The molecular weight excluding hydrogens is 338 g/mol. The Kier molecular flexibility index (Phi) is 5.59. The van der Waals surface area contributed by atoms with Crippen LogP contribution < -0.4 is 10.1 Å². The SMILES string of the molecule is O=C(NCCOc1ccc(-c2ccccc2)nn1)c1ccc(Cl)cc1. The van der Waals surface area contributed by atoms with Crippen molar-refractivity contribution in [3.05, 3.63) is 77.3 Å². The molecule has 0 atom stereocenters. The van der Waals surface area contributed by atoms with Crippen LogP contribution >= 0.6 is 11.6 Å². The molecule has 0 aliphatic rings. The number of benzene rings is 2. The summed E-state index contributed by atoms with van der Waals surface area (Å²) in [5.74, 6) is 0.242. The fourth-order valence-electron chi connectivity index (χ4n) is 2.18. The molecule has 1 amide bonds. The second-order valence-electron chi connectivity index (χ2n) is 5.23. The molecule has 6 heteroatoms. The molecule has 2 aromatic carbocycles. The first-order chi connectivity index (χ1) is 12.2. The first kappa shape index (κ1) is 16.9. The number of ether oxygens (including phenoxy) is 1. The summed E-state index contributed by atoms with van der Waals surface area (Å²) in [4.78, 5) is 11.9. The maximum Gasteiger partial charge on any atom is 0.251 e. The highest BCUT2D eigenvalue weighted by Gasteiger charge is 2.05. The molecule has 1 N–H and O–H groups in total. The topological polar surface area (TPSA) is 64.1 Å². The van der Waals surface area contributed by atoms with Gasteiger partial charge >= 0.3 is 0 Å². The van der Waals surface area contributed by atoms with Gasteiger partial charge in [-0.15, -0.1) is 10.2 Å². The molecular formula is C19H16ClN3O2. The smallest absolute Gasteiger partial charge is 0.251 e. The van der Waals surface area contributed by atoms with Gasteiger partial charge in [-0.1, -0.05) is 41.9 Å². The van der Waals surface area contributed by atoms with Crippen molar-refractivity contribution in [1.29, 1.82) is 0 Å². The van der Waals surface area contributed by atoms with Crippen LogP contribution in [0.5, 0.6) is 5.88 Å². The Hall–Kier alpha value is -2.92. The summed E-state index contributed by atoms with van der Waals surface area (Å²) in [6.07, 6.45) is 0. The molecule has 0 saturated carbocycles. The normalized spacial score (nSPS) is 10.3. The molecule has 0 unspecified atom stereocenters. The number of rotatable bonds is 6. The van der Waals surface area contributed by atoms with E-state index in [4.69, 9.17) is 16.3 Å². The second-order valence-corrected chi connectivity index (χ2v) is 5.67. The Bertz CT molecular complexity index is 822. The fourth-order valence-corrected chi connectivity index (χ4v) is 2.31. The molecule has 0 bridgehead atoms. The zero-order chi connectivity index (χ0) is 17.5. The quantitative estimate of drug-likeness (QED) is 0.688. The van der Waals surface area contributed by atoms with Gasteiger partial charge in [0, 0.05) is 22.2 Å². The van der Waals surface area contributed by atoms with E-state index in [0.717, 1.165) is 11.3 Å². The average molecular weight is 354 g/mol. The summed E-state index contributed by atoms with van der Waals surface area (Å²) in [6, 6.07) is 20.1. The largest absolute Gasteiger partial charge is 0.475 e. The number of hydrogen-bond acceptors (Lipinski definition) is 4. The standard InChI is InChI=1S/C19H16ClN3O2/c20-16-8-6-15(7-9-16)19(24)21-12-13-25-18-11-10-17(22-23-18)14-4-2-1-3-5-14/h1-11H,12-13H2,(H,21,24). The minimum atomic E-state index is -0.175. The van der Waals surface area contributed by atoms with E-state index in [0.29, 0.717) is 29.6 Å². The van der Waals surface area contributed by atoms with Gasteiger partial charge in [0.2, 0.25) is 5.88 Å². The molecule has 0 fully saturated rings. The third kappa shape index (κ3) is 4.78. The number of halogens is 1. The lowest BCUT2D eigenvalue weighted by Gasteiger charge is -2.07. The minimum Gasteiger partial charge on any atom is -0.475 e. The van der Waals surface area contributed by atoms with Crippen LogP contribution in [0.3, 0.4) is 0 Å². The summed E-state index contributed by atoms with van der Waals surface area (Å²) < 4.78 is 5.49. The zero-order valence-corrected chi connectivity index (χ0v) is 14.1. The van der Waals surface area contributed by atoms with Crippen LogP contribution in [0.15, 0.2) is 66.7 Å². The molecule has 3 aromatic rings. The van der Waals surface area contributed by atoms with E-state index in [9.17, 15) is 4.79 Å². The minimum absolute atomic E-state index is 0.175. The van der Waals surface area contributed by atoms with Crippen molar-refractivity contribution in [2.45, 2.75) is 0 Å². The number of nitrogens with one attached hydrogen (secondary N) is 1. The van der Waals surface area contributed by atoms with E-state index < -0.39 is 0 Å². The molecule has 1 aromatic heterocycles. The summed E-state index contributed by atoms with van der Waals surface area (Å²) >= 11 is 5.80. The number of aromatic nitrogens is 2. The highest BCUT2D eigenvalue weighted by molar-refractivity contribution is 6.30. The highest BCUT2D eigenvalue weighted by Crippen LogP contribution is 2.16. The Morgan fingerprint density at radius 3 is 2.40 bits per heavy atom. The van der Waals surface area contributed by atoms with Gasteiger partial charge in [-0.2, -0.15) is 0 Å². The number of nitrogens with zero attached hydrogens (tertiary/aromatic N) is 2. The van der Waals surface area contributed by atoms with E-state index in [1.807, 2.05) is 36.4 Å². The molecule has 126 valence electrons. The van der Waals surface area contributed by atoms with Gasteiger partial charge in [0.1, 0.15) is 6.61 Å². The lowest BCUT2D eigenvalue weighted by Crippen LogP contribution is -2.28. The Balaban J connectivity index is 1.46. The number of carbonyl (C=O) groups excluding carboxylic acids is 1. The first-order valence-electron chi connectivity index (χ1n) is 7.78. The third-order valence-corrected chi connectivity index (χ3v) is 3.71.